The van der Waals surface area contributed by atoms with E-state index in [4.69, 9.17) is 10.3 Å². The molecule has 0 spiro atoms. The minimum Gasteiger partial charge on any atom is -0.507 e. The standard InChI is InChI=1S/C9H8N2O2/c10-9-5-7(11-13-9)6-3-1-2-4-8(6)12/h1-5,12H,10H2. The van der Waals surface area contributed by atoms with E-state index in [1.807, 2.05) is 0 Å². The third kappa shape index (κ3) is 1.33. The molecule has 0 fully saturated rings. The molecule has 0 aliphatic carbocycles. The molecule has 3 N–H and O–H groups in total. The highest BCUT2D eigenvalue weighted by molar-refractivity contribution is 5.67. The minimum atomic E-state index is 0.163. The Morgan fingerprint density at radius 3 is 2.69 bits per heavy atom. The van der Waals surface area contributed by atoms with Crippen molar-refractivity contribution in [1.29, 1.82) is 0 Å². The van der Waals surface area contributed by atoms with E-state index in [1.165, 1.54) is 0 Å². The SMILES string of the molecule is Nc1cc(-c2ccccc2O)no1. The van der Waals surface area contributed by atoms with Gasteiger partial charge in [0.25, 0.3) is 0 Å². The summed E-state index contributed by atoms with van der Waals surface area (Å²) in [6, 6.07) is 8.43. The van der Waals surface area contributed by atoms with Crippen LogP contribution in [0.2, 0.25) is 0 Å². The summed E-state index contributed by atoms with van der Waals surface area (Å²) >= 11 is 0. The molecule has 0 saturated carbocycles. The first-order chi connectivity index (χ1) is 6.27. The second kappa shape index (κ2) is 2.82. The summed E-state index contributed by atoms with van der Waals surface area (Å²) in [5.41, 5.74) is 6.51. The lowest BCUT2D eigenvalue weighted by molar-refractivity contribution is 0.437. The highest BCUT2D eigenvalue weighted by Gasteiger charge is 2.07. The van der Waals surface area contributed by atoms with Gasteiger partial charge in [0.05, 0.1) is 0 Å². The first-order valence-corrected chi connectivity index (χ1v) is 3.78. The van der Waals surface area contributed by atoms with Crippen LogP contribution in [0.4, 0.5) is 5.88 Å². The van der Waals surface area contributed by atoms with Crippen LogP contribution in [-0.2, 0) is 0 Å². The molecule has 1 aromatic heterocycles. The molecule has 1 aromatic carbocycles. The number of rotatable bonds is 1. The highest BCUT2D eigenvalue weighted by Crippen LogP contribution is 2.28. The lowest BCUT2D eigenvalue weighted by Crippen LogP contribution is -1.78. The molecule has 0 saturated heterocycles. The maximum absolute atomic E-state index is 9.45. The Balaban J connectivity index is 2.52. The number of phenolic OH excluding ortho intramolecular Hbond substituents is 1. The molecule has 0 atom stereocenters. The number of nitrogen functional groups attached to an aromatic ring is 1. The summed E-state index contributed by atoms with van der Waals surface area (Å²) in [7, 11) is 0. The van der Waals surface area contributed by atoms with Gasteiger partial charge < -0.3 is 15.4 Å². The number of nitrogens with zero attached hydrogens (tertiary/aromatic N) is 1. The van der Waals surface area contributed by atoms with Crippen LogP contribution < -0.4 is 5.73 Å². The van der Waals surface area contributed by atoms with E-state index < -0.39 is 0 Å². The first-order valence-electron chi connectivity index (χ1n) is 3.78. The molecule has 13 heavy (non-hydrogen) atoms. The van der Waals surface area contributed by atoms with E-state index in [9.17, 15) is 5.11 Å². The van der Waals surface area contributed by atoms with Gasteiger partial charge in [-0.3, -0.25) is 0 Å². The van der Waals surface area contributed by atoms with E-state index in [2.05, 4.69) is 5.16 Å². The number of para-hydroxylation sites is 1. The van der Waals surface area contributed by atoms with Crippen LogP contribution in [0.5, 0.6) is 5.75 Å². The van der Waals surface area contributed by atoms with Crippen molar-refractivity contribution in [3.8, 4) is 17.0 Å². The molecule has 1 heterocycles. The number of hydrogen-bond donors (Lipinski definition) is 2. The summed E-state index contributed by atoms with van der Waals surface area (Å²) in [6.45, 7) is 0. The second-order valence-corrected chi connectivity index (χ2v) is 2.63. The van der Waals surface area contributed by atoms with Crippen LogP contribution in [0, 0.1) is 0 Å². The summed E-state index contributed by atoms with van der Waals surface area (Å²) in [5, 5.41) is 13.1. The average molecular weight is 176 g/mol. The smallest absolute Gasteiger partial charge is 0.222 e. The fourth-order valence-corrected chi connectivity index (χ4v) is 1.11. The van der Waals surface area contributed by atoms with Gasteiger partial charge in [0.15, 0.2) is 0 Å². The number of nitrogens with two attached hydrogens (primary N) is 1. The van der Waals surface area contributed by atoms with Gasteiger partial charge in [0, 0.05) is 11.6 Å². The van der Waals surface area contributed by atoms with Crippen molar-refractivity contribution in [2.75, 3.05) is 5.73 Å². The van der Waals surface area contributed by atoms with E-state index >= 15 is 0 Å². The molecule has 66 valence electrons. The van der Waals surface area contributed by atoms with Crippen molar-refractivity contribution in [3.63, 3.8) is 0 Å². The third-order valence-corrected chi connectivity index (χ3v) is 1.71. The molecular formula is C9H8N2O2. The van der Waals surface area contributed by atoms with Crippen LogP contribution in [0.25, 0.3) is 11.3 Å². The minimum absolute atomic E-state index is 0.163. The van der Waals surface area contributed by atoms with Gasteiger partial charge in [-0.15, -0.1) is 0 Å². The topological polar surface area (TPSA) is 72.3 Å². The Morgan fingerprint density at radius 1 is 1.31 bits per heavy atom. The molecule has 2 rings (SSSR count). The summed E-state index contributed by atoms with van der Waals surface area (Å²) in [4.78, 5) is 0. The van der Waals surface area contributed by atoms with Gasteiger partial charge >= 0.3 is 0 Å². The van der Waals surface area contributed by atoms with E-state index in [1.54, 1.807) is 30.3 Å². The van der Waals surface area contributed by atoms with E-state index in [-0.39, 0.29) is 11.6 Å². The van der Waals surface area contributed by atoms with Crippen LogP contribution in [-0.4, -0.2) is 10.3 Å². The van der Waals surface area contributed by atoms with E-state index in [0.29, 0.717) is 11.3 Å². The molecule has 0 radical (unpaired) electrons. The lowest BCUT2D eigenvalue weighted by Gasteiger charge is -1.97. The number of aromatic nitrogens is 1. The normalized spacial score (nSPS) is 10.2. The van der Waals surface area contributed by atoms with Crippen molar-refractivity contribution in [3.05, 3.63) is 30.3 Å². The third-order valence-electron chi connectivity index (χ3n) is 1.71. The number of phenols is 1. The lowest BCUT2D eigenvalue weighted by atomic mass is 10.1. The molecule has 0 bridgehead atoms. The van der Waals surface area contributed by atoms with Gasteiger partial charge in [-0.05, 0) is 12.1 Å². The molecule has 0 amide bonds. The average Bonchev–Trinajstić information content (AvgIpc) is 2.53. The zero-order valence-corrected chi connectivity index (χ0v) is 6.77. The Morgan fingerprint density at radius 2 is 2.08 bits per heavy atom. The molecule has 4 nitrogen and oxygen atoms in total. The van der Waals surface area contributed by atoms with Crippen molar-refractivity contribution >= 4 is 5.88 Å². The zero-order valence-electron chi connectivity index (χ0n) is 6.77. The van der Waals surface area contributed by atoms with Gasteiger partial charge in [-0.25, -0.2) is 0 Å². The van der Waals surface area contributed by atoms with Gasteiger partial charge in [0.1, 0.15) is 11.4 Å². The van der Waals surface area contributed by atoms with Crippen molar-refractivity contribution < 1.29 is 9.63 Å². The first kappa shape index (κ1) is 7.67. The maximum Gasteiger partial charge on any atom is 0.222 e. The van der Waals surface area contributed by atoms with Crippen LogP contribution >= 0.6 is 0 Å². The van der Waals surface area contributed by atoms with Crippen molar-refractivity contribution in [2.45, 2.75) is 0 Å². The highest BCUT2D eigenvalue weighted by atomic mass is 16.5. The molecule has 4 heteroatoms. The molecule has 0 unspecified atom stereocenters. The Labute approximate surface area is 74.6 Å². The Kier molecular flexibility index (Phi) is 1.66. The maximum atomic E-state index is 9.45. The van der Waals surface area contributed by atoms with E-state index in [0.717, 1.165) is 0 Å². The van der Waals surface area contributed by atoms with Gasteiger partial charge in [0.2, 0.25) is 5.88 Å². The van der Waals surface area contributed by atoms with Crippen LogP contribution in [0.1, 0.15) is 0 Å². The fraction of sp³-hybridized carbons (Fsp3) is 0. The van der Waals surface area contributed by atoms with Crippen molar-refractivity contribution in [2.24, 2.45) is 0 Å². The van der Waals surface area contributed by atoms with Crippen molar-refractivity contribution in [1.82, 2.24) is 5.16 Å². The van der Waals surface area contributed by atoms with Gasteiger partial charge in [-0.2, -0.15) is 0 Å². The quantitative estimate of drug-likeness (QED) is 0.692. The predicted molar refractivity (Wildman–Crippen MR) is 48.0 cm³/mol. The van der Waals surface area contributed by atoms with Crippen LogP contribution in [0.15, 0.2) is 34.9 Å². The summed E-state index contributed by atoms with van der Waals surface area (Å²) in [5.74, 6) is 0.397. The largest absolute Gasteiger partial charge is 0.507 e. The number of aromatic hydroxyl groups is 1. The monoisotopic (exact) mass is 176 g/mol. The fourth-order valence-electron chi connectivity index (χ4n) is 1.11. The van der Waals surface area contributed by atoms with Crippen LogP contribution in [0.3, 0.4) is 0 Å². The second-order valence-electron chi connectivity index (χ2n) is 2.63. The summed E-state index contributed by atoms with van der Waals surface area (Å²) in [6.07, 6.45) is 0. The molecule has 0 aliphatic heterocycles. The van der Waals surface area contributed by atoms with Gasteiger partial charge in [-0.1, -0.05) is 17.3 Å². The molecule has 2 aromatic rings. The predicted octanol–water partition coefficient (Wildman–Crippen LogP) is 1.63. The Bertz CT molecular complexity index is 423. The molecular weight excluding hydrogens is 168 g/mol. The number of benzene rings is 1. The number of hydrogen-bond acceptors (Lipinski definition) is 4. The Hall–Kier alpha value is -1.97. The summed E-state index contributed by atoms with van der Waals surface area (Å²) < 4.78 is 4.69. The molecule has 0 aliphatic rings. The number of anilines is 1. The zero-order chi connectivity index (χ0) is 9.26.